The van der Waals surface area contributed by atoms with Crippen LogP contribution in [0.15, 0.2) is 140 Å². The number of hydrogen-bond donors (Lipinski definition) is 0. The molecule has 11 rings (SSSR count). The molecule has 0 aliphatic heterocycles. The lowest BCUT2D eigenvalue weighted by Gasteiger charge is -2.14. The minimum absolute atomic E-state index is 1.20. The minimum Gasteiger partial charge on any atom is -0.308 e. The highest BCUT2D eigenvalue weighted by molar-refractivity contribution is 7.30. The van der Waals surface area contributed by atoms with E-state index in [0.717, 1.165) is 0 Å². The van der Waals surface area contributed by atoms with Crippen LogP contribution in [0.3, 0.4) is 0 Å². The summed E-state index contributed by atoms with van der Waals surface area (Å²) in [5, 5.41) is 15.9. The van der Waals surface area contributed by atoms with E-state index < -0.39 is 0 Å². The van der Waals surface area contributed by atoms with Crippen LogP contribution in [0.5, 0.6) is 0 Å². The second-order valence-electron chi connectivity index (χ2n) is 12.0. The van der Waals surface area contributed by atoms with Crippen molar-refractivity contribution in [3.05, 3.63) is 140 Å². The summed E-state index contributed by atoms with van der Waals surface area (Å²) in [5.41, 5.74) is 3.76. The highest BCUT2D eigenvalue weighted by Gasteiger charge is 2.24. The third kappa shape index (κ3) is 3.07. The van der Waals surface area contributed by atoms with E-state index in [-0.39, 0.29) is 0 Å². The van der Waals surface area contributed by atoms with Crippen LogP contribution < -0.4 is 0 Å². The van der Waals surface area contributed by atoms with Gasteiger partial charge in [-0.15, -0.1) is 22.7 Å². The molecule has 0 radical (unpaired) electrons. The van der Waals surface area contributed by atoms with Crippen molar-refractivity contribution in [2.75, 3.05) is 0 Å². The number of hydrogen-bond acceptors (Lipinski definition) is 2. The normalized spacial score (nSPS) is 12.4. The standard InChI is InChI=1S/C42H23NS2/c1-2-13-27-25(11-1)26-12-3-4-14-28(26)33-23-24(21-22-29(27)33)43-34-18-8-5-15-30(34)37-38-31-16-6-9-19-35(31)44-41(38)39-32-17-7-10-20-36(32)45-42(39)40(37)43/h1-23H. The zero-order chi connectivity index (χ0) is 29.2. The van der Waals surface area contributed by atoms with Gasteiger partial charge in [0, 0.05) is 52.1 Å². The third-order valence-electron chi connectivity index (χ3n) is 9.74. The lowest BCUT2D eigenvalue weighted by Crippen LogP contribution is -1.95. The van der Waals surface area contributed by atoms with Crippen molar-refractivity contribution in [2.24, 2.45) is 0 Å². The molecule has 0 bridgehead atoms. The molecule has 0 fully saturated rings. The molecule has 8 aromatic carbocycles. The highest BCUT2D eigenvalue weighted by atomic mass is 32.1. The van der Waals surface area contributed by atoms with Crippen LogP contribution in [-0.2, 0) is 0 Å². The Labute approximate surface area is 265 Å². The van der Waals surface area contributed by atoms with Crippen molar-refractivity contribution < 1.29 is 0 Å². The van der Waals surface area contributed by atoms with E-state index in [4.69, 9.17) is 0 Å². The van der Waals surface area contributed by atoms with Crippen LogP contribution in [0.25, 0.3) is 100 Å². The van der Waals surface area contributed by atoms with Crippen LogP contribution in [0, 0.1) is 0 Å². The number of thiophene rings is 2. The monoisotopic (exact) mass is 605 g/mol. The van der Waals surface area contributed by atoms with Gasteiger partial charge in [0.25, 0.3) is 0 Å². The van der Waals surface area contributed by atoms with Crippen LogP contribution in [0.2, 0.25) is 0 Å². The Kier molecular flexibility index (Phi) is 4.67. The van der Waals surface area contributed by atoms with Gasteiger partial charge in [0.2, 0.25) is 0 Å². The molecule has 0 N–H and O–H groups in total. The van der Waals surface area contributed by atoms with Crippen LogP contribution in [0.4, 0.5) is 0 Å². The summed E-state index contributed by atoms with van der Waals surface area (Å²) in [6.45, 7) is 0. The van der Waals surface area contributed by atoms with Gasteiger partial charge in [0.15, 0.2) is 0 Å². The third-order valence-corrected chi connectivity index (χ3v) is 12.1. The maximum Gasteiger partial charge on any atom is 0.0727 e. The van der Waals surface area contributed by atoms with E-state index >= 15 is 0 Å². The zero-order valence-electron chi connectivity index (χ0n) is 24.0. The fourth-order valence-corrected chi connectivity index (χ4v) is 10.5. The lowest BCUT2D eigenvalue weighted by atomic mass is 9.94. The number of rotatable bonds is 1. The van der Waals surface area contributed by atoms with Gasteiger partial charge in [-0.3, -0.25) is 0 Å². The van der Waals surface area contributed by atoms with E-state index in [0.29, 0.717) is 0 Å². The van der Waals surface area contributed by atoms with Crippen LogP contribution >= 0.6 is 22.7 Å². The molecule has 0 aliphatic rings. The Morgan fingerprint density at radius 3 is 1.51 bits per heavy atom. The molecule has 0 aliphatic carbocycles. The fraction of sp³-hybridized carbons (Fsp3) is 0. The molecular formula is C42H23NS2. The molecule has 3 aromatic heterocycles. The zero-order valence-corrected chi connectivity index (χ0v) is 25.7. The minimum atomic E-state index is 1.20. The molecule has 45 heavy (non-hydrogen) atoms. The van der Waals surface area contributed by atoms with Crippen molar-refractivity contribution in [1.82, 2.24) is 4.57 Å². The van der Waals surface area contributed by atoms with Gasteiger partial charge >= 0.3 is 0 Å². The van der Waals surface area contributed by atoms with Gasteiger partial charge in [0.05, 0.1) is 15.7 Å². The van der Waals surface area contributed by atoms with Crippen molar-refractivity contribution >= 4 is 117 Å². The predicted octanol–water partition coefficient (Wildman–Crippen LogP) is 13.0. The van der Waals surface area contributed by atoms with Crippen molar-refractivity contribution in [2.45, 2.75) is 0 Å². The van der Waals surface area contributed by atoms with Gasteiger partial charge in [-0.2, -0.15) is 0 Å². The molecule has 0 unspecified atom stereocenters. The number of benzene rings is 8. The average molecular weight is 606 g/mol. The molecule has 1 nitrogen and oxygen atoms in total. The largest absolute Gasteiger partial charge is 0.308 e. The first kappa shape index (κ1) is 24.1. The topological polar surface area (TPSA) is 4.93 Å². The molecule has 0 saturated carbocycles. The number of aromatic nitrogens is 1. The van der Waals surface area contributed by atoms with Gasteiger partial charge in [-0.25, -0.2) is 0 Å². The van der Waals surface area contributed by atoms with E-state index in [1.54, 1.807) is 0 Å². The van der Waals surface area contributed by atoms with Crippen molar-refractivity contribution in [3.8, 4) is 5.69 Å². The van der Waals surface area contributed by atoms with Gasteiger partial charge in [-0.1, -0.05) is 109 Å². The maximum absolute atomic E-state index is 2.55. The summed E-state index contributed by atoms with van der Waals surface area (Å²) in [6.07, 6.45) is 0. The summed E-state index contributed by atoms with van der Waals surface area (Å²) in [5.74, 6) is 0. The van der Waals surface area contributed by atoms with E-state index in [1.807, 2.05) is 22.7 Å². The molecule has 208 valence electrons. The maximum atomic E-state index is 2.55. The Balaban J connectivity index is 1.40. The van der Waals surface area contributed by atoms with Crippen LogP contribution in [0.1, 0.15) is 0 Å². The lowest BCUT2D eigenvalue weighted by molar-refractivity contribution is 1.19. The summed E-state index contributed by atoms with van der Waals surface area (Å²) in [7, 11) is 0. The summed E-state index contributed by atoms with van der Waals surface area (Å²) < 4.78 is 8.00. The summed E-state index contributed by atoms with van der Waals surface area (Å²) in [6, 6.07) is 51.7. The summed E-state index contributed by atoms with van der Waals surface area (Å²) in [4.78, 5) is 0. The Hall–Kier alpha value is -5.22. The second-order valence-corrected chi connectivity index (χ2v) is 14.1. The quantitative estimate of drug-likeness (QED) is 0.164. The molecule has 0 saturated heterocycles. The van der Waals surface area contributed by atoms with E-state index in [9.17, 15) is 0 Å². The number of nitrogens with zero attached hydrogens (tertiary/aromatic N) is 1. The Morgan fingerprint density at radius 2 is 0.844 bits per heavy atom. The van der Waals surface area contributed by atoms with Crippen LogP contribution in [-0.4, -0.2) is 4.57 Å². The van der Waals surface area contributed by atoms with Crippen molar-refractivity contribution in [1.29, 1.82) is 0 Å². The van der Waals surface area contributed by atoms with Gasteiger partial charge in [-0.05, 0) is 62.6 Å². The predicted molar refractivity (Wildman–Crippen MR) is 199 cm³/mol. The second kappa shape index (κ2) is 8.70. The van der Waals surface area contributed by atoms with E-state index in [1.165, 1.54) is 100 Å². The number of fused-ring (bicyclic) bond motifs is 18. The highest BCUT2D eigenvalue weighted by Crippen LogP contribution is 2.52. The molecule has 0 amide bonds. The Morgan fingerprint density at radius 1 is 0.356 bits per heavy atom. The van der Waals surface area contributed by atoms with Gasteiger partial charge < -0.3 is 4.57 Å². The first-order valence-corrected chi connectivity index (χ1v) is 17.0. The molecule has 3 heteroatoms. The first-order valence-electron chi connectivity index (χ1n) is 15.4. The Bertz CT molecular complexity index is 3010. The molecule has 0 atom stereocenters. The average Bonchev–Trinajstić information content (AvgIpc) is 3.78. The van der Waals surface area contributed by atoms with Gasteiger partial charge in [0.1, 0.15) is 0 Å². The smallest absolute Gasteiger partial charge is 0.0727 e. The fourth-order valence-electron chi connectivity index (χ4n) is 7.92. The molecule has 11 aromatic rings. The molecule has 3 heterocycles. The SMILES string of the molecule is c1ccc2c(c1)sc1c2c2sc3ccccc3c2c2c3ccccc3n(-c3ccc4c5ccccc5c5ccccc5c4c3)c12. The molecular weight excluding hydrogens is 583 g/mol. The van der Waals surface area contributed by atoms with Crippen molar-refractivity contribution in [3.63, 3.8) is 0 Å². The van der Waals surface area contributed by atoms with E-state index in [2.05, 4.69) is 144 Å². The number of para-hydroxylation sites is 1. The first-order chi connectivity index (χ1) is 22.3. The molecule has 0 spiro atoms. The summed E-state index contributed by atoms with van der Waals surface area (Å²) >= 11 is 3.87.